The standard InChI is InChI=1S/C19H25F2N3O/c1-12(2)24(3)18-15(17(25-4)10-9-16(18)22)11-23-14-7-5-13(6-8-14)19(20)21/h5-10,12,19,23H,11,22H2,1-4H3. The Labute approximate surface area is 147 Å². The molecule has 0 aliphatic rings. The van der Waals surface area contributed by atoms with E-state index in [9.17, 15) is 8.78 Å². The smallest absolute Gasteiger partial charge is 0.263 e. The largest absolute Gasteiger partial charge is 0.496 e. The van der Waals surface area contributed by atoms with Crippen molar-refractivity contribution in [3.63, 3.8) is 0 Å². The second-order valence-electron chi connectivity index (χ2n) is 6.17. The first kappa shape index (κ1) is 18.8. The molecule has 6 heteroatoms. The van der Waals surface area contributed by atoms with Gasteiger partial charge in [0.15, 0.2) is 0 Å². The molecule has 0 aliphatic carbocycles. The van der Waals surface area contributed by atoms with Crippen LogP contribution in [0.15, 0.2) is 36.4 Å². The Hall–Kier alpha value is -2.50. The van der Waals surface area contributed by atoms with E-state index in [2.05, 4.69) is 24.1 Å². The molecule has 4 nitrogen and oxygen atoms in total. The van der Waals surface area contributed by atoms with E-state index in [1.54, 1.807) is 19.2 Å². The molecule has 0 atom stereocenters. The number of ether oxygens (including phenoxy) is 1. The Morgan fingerprint density at radius 3 is 2.28 bits per heavy atom. The van der Waals surface area contributed by atoms with Crippen molar-refractivity contribution in [2.75, 3.05) is 30.1 Å². The van der Waals surface area contributed by atoms with E-state index >= 15 is 0 Å². The molecule has 0 saturated carbocycles. The zero-order valence-electron chi connectivity index (χ0n) is 15.0. The average molecular weight is 349 g/mol. The van der Waals surface area contributed by atoms with Crippen molar-refractivity contribution in [2.24, 2.45) is 0 Å². The van der Waals surface area contributed by atoms with E-state index in [4.69, 9.17) is 10.5 Å². The average Bonchev–Trinajstić information content (AvgIpc) is 2.59. The third kappa shape index (κ3) is 4.32. The van der Waals surface area contributed by atoms with Gasteiger partial charge in [0.2, 0.25) is 0 Å². The molecule has 2 aromatic carbocycles. The molecule has 0 aliphatic heterocycles. The summed E-state index contributed by atoms with van der Waals surface area (Å²) in [6.45, 7) is 4.63. The lowest BCUT2D eigenvalue weighted by Gasteiger charge is -2.29. The molecule has 0 radical (unpaired) electrons. The SMILES string of the molecule is COc1ccc(N)c(N(C)C(C)C)c1CNc1ccc(C(F)F)cc1. The van der Waals surface area contributed by atoms with Crippen LogP contribution in [0.1, 0.15) is 31.4 Å². The highest BCUT2D eigenvalue weighted by Crippen LogP contribution is 2.36. The number of alkyl halides is 2. The summed E-state index contributed by atoms with van der Waals surface area (Å²) in [6, 6.07) is 10.1. The lowest BCUT2D eigenvalue weighted by atomic mass is 10.1. The molecule has 0 unspecified atom stereocenters. The number of rotatable bonds is 7. The fourth-order valence-electron chi connectivity index (χ4n) is 2.61. The minimum Gasteiger partial charge on any atom is -0.496 e. The highest BCUT2D eigenvalue weighted by molar-refractivity contribution is 5.75. The molecule has 0 bridgehead atoms. The van der Waals surface area contributed by atoms with Crippen LogP contribution in [-0.4, -0.2) is 20.2 Å². The van der Waals surface area contributed by atoms with Crippen LogP contribution in [0.2, 0.25) is 0 Å². The summed E-state index contributed by atoms with van der Waals surface area (Å²) in [7, 11) is 3.60. The van der Waals surface area contributed by atoms with Crippen molar-refractivity contribution in [3.05, 3.63) is 47.5 Å². The van der Waals surface area contributed by atoms with Gasteiger partial charge in [0.05, 0.1) is 18.5 Å². The second kappa shape index (κ2) is 8.05. The van der Waals surface area contributed by atoms with Crippen molar-refractivity contribution in [1.82, 2.24) is 0 Å². The van der Waals surface area contributed by atoms with E-state index in [1.807, 2.05) is 19.2 Å². The summed E-state index contributed by atoms with van der Waals surface area (Å²) in [4.78, 5) is 2.09. The Bertz CT molecular complexity index is 703. The van der Waals surface area contributed by atoms with Gasteiger partial charge in [0, 0.05) is 36.4 Å². The van der Waals surface area contributed by atoms with Crippen molar-refractivity contribution in [1.29, 1.82) is 0 Å². The minimum absolute atomic E-state index is 0.00677. The first-order valence-electron chi connectivity index (χ1n) is 8.15. The van der Waals surface area contributed by atoms with Crippen LogP contribution < -0.4 is 20.7 Å². The topological polar surface area (TPSA) is 50.5 Å². The van der Waals surface area contributed by atoms with Crippen molar-refractivity contribution < 1.29 is 13.5 Å². The molecule has 0 saturated heterocycles. The maximum Gasteiger partial charge on any atom is 0.263 e. The number of nitrogens with one attached hydrogen (secondary N) is 1. The number of nitrogens with two attached hydrogens (primary N) is 1. The predicted octanol–water partition coefficient (Wildman–Crippen LogP) is 4.67. The van der Waals surface area contributed by atoms with Gasteiger partial charge in [-0.05, 0) is 38.1 Å². The van der Waals surface area contributed by atoms with Crippen LogP contribution in [0, 0.1) is 0 Å². The van der Waals surface area contributed by atoms with Gasteiger partial charge >= 0.3 is 0 Å². The molecule has 0 heterocycles. The molecule has 0 spiro atoms. The van der Waals surface area contributed by atoms with Gasteiger partial charge < -0.3 is 20.7 Å². The van der Waals surface area contributed by atoms with Gasteiger partial charge in [-0.15, -0.1) is 0 Å². The monoisotopic (exact) mass is 349 g/mol. The maximum atomic E-state index is 12.7. The van der Waals surface area contributed by atoms with Gasteiger partial charge in [-0.3, -0.25) is 0 Å². The van der Waals surface area contributed by atoms with E-state index < -0.39 is 6.43 Å². The minimum atomic E-state index is -2.46. The number of benzene rings is 2. The molecule has 0 amide bonds. The van der Waals surface area contributed by atoms with E-state index in [0.717, 1.165) is 22.7 Å². The summed E-state index contributed by atoms with van der Waals surface area (Å²) in [5.41, 5.74) is 9.46. The Morgan fingerprint density at radius 2 is 1.76 bits per heavy atom. The summed E-state index contributed by atoms with van der Waals surface area (Å²) < 4.78 is 30.8. The van der Waals surface area contributed by atoms with Gasteiger partial charge in [-0.2, -0.15) is 0 Å². The zero-order chi connectivity index (χ0) is 18.6. The Balaban J connectivity index is 2.29. The molecule has 0 aromatic heterocycles. The quantitative estimate of drug-likeness (QED) is 0.713. The molecule has 2 aromatic rings. The first-order chi connectivity index (χ1) is 11.8. The van der Waals surface area contributed by atoms with Crippen LogP contribution in [0.25, 0.3) is 0 Å². The molecule has 136 valence electrons. The number of hydrogen-bond acceptors (Lipinski definition) is 4. The van der Waals surface area contributed by atoms with Crippen molar-refractivity contribution in [3.8, 4) is 5.75 Å². The highest BCUT2D eigenvalue weighted by Gasteiger charge is 2.18. The first-order valence-corrected chi connectivity index (χ1v) is 8.15. The van der Waals surface area contributed by atoms with Crippen molar-refractivity contribution in [2.45, 2.75) is 32.9 Å². The van der Waals surface area contributed by atoms with E-state index in [1.165, 1.54) is 12.1 Å². The fourth-order valence-corrected chi connectivity index (χ4v) is 2.61. The molecular formula is C19H25F2N3O. The van der Waals surface area contributed by atoms with Crippen LogP contribution in [0.5, 0.6) is 5.75 Å². The van der Waals surface area contributed by atoms with Crippen LogP contribution in [0.3, 0.4) is 0 Å². The number of halogens is 2. The third-order valence-corrected chi connectivity index (χ3v) is 4.25. The molecule has 2 rings (SSSR count). The fraction of sp³-hybridized carbons (Fsp3) is 0.368. The van der Waals surface area contributed by atoms with Crippen LogP contribution >= 0.6 is 0 Å². The van der Waals surface area contributed by atoms with E-state index in [0.29, 0.717) is 12.2 Å². The number of nitrogens with zero attached hydrogens (tertiary/aromatic N) is 1. The maximum absolute atomic E-state index is 12.7. The van der Waals surface area contributed by atoms with Gasteiger partial charge in [0.1, 0.15) is 5.75 Å². The molecule has 0 fully saturated rings. The summed E-state index contributed by atoms with van der Waals surface area (Å²) in [5.74, 6) is 0.730. The number of hydrogen-bond donors (Lipinski definition) is 2. The summed E-state index contributed by atoms with van der Waals surface area (Å²) in [6.07, 6.45) is -2.46. The third-order valence-electron chi connectivity index (χ3n) is 4.25. The van der Waals surface area contributed by atoms with Gasteiger partial charge in [-0.1, -0.05) is 12.1 Å². The molecule has 3 N–H and O–H groups in total. The lowest BCUT2D eigenvalue weighted by molar-refractivity contribution is 0.151. The summed E-state index contributed by atoms with van der Waals surface area (Å²) >= 11 is 0. The van der Waals surface area contributed by atoms with Gasteiger partial charge in [0.25, 0.3) is 6.43 Å². The molecule has 25 heavy (non-hydrogen) atoms. The van der Waals surface area contributed by atoms with Crippen LogP contribution in [-0.2, 0) is 6.54 Å². The van der Waals surface area contributed by atoms with E-state index in [-0.39, 0.29) is 11.6 Å². The normalized spacial score (nSPS) is 11.0. The zero-order valence-corrected chi connectivity index (χ0v) is 15.0. The highest BCUT2D eigenvalue weighted by atomic mass is 19.3. The second-order valence-corrected chi connectivity index (χ2v) is 6.17. The van der Waals surface area contributed by atoms with Crippen molar-refractivity contribution >= 4 is 17.1 Å². The number of methoxy groups -OCH3 is 1. The van der Waals surface area contributed by atoms with Crippen LogP contribution in [0.4, 0.5) is 25.8 Å². The molecular weight excluding hydrogens is 324 g/mol. The van der Waals surface area contributed by atoms with Gasteiger partial charge in [-0.25, -0.2) is 8.78 Å². The lowest BCUT2D eigenvalue weighted by Crippen LogP contribution is -2.28. The number of nitrogen functional groups attached to an aromatic ring is 1. The number of anilines is 3. The predicted molar refractivity (Wildman–Crippen MR) is 99.7 cm³/mol. The Morgan fingerprint density at radius 1 is 1.12 bits per heavy atom. The Kier molecular flexibility index (Phi) is 6.07. The summed E-state index contributed by atoms with van der Waals surface area (Å²) in [5, 5.41) is 3.26.